The van der Waals surface area contributed by atoms with Gasteiger partial charge in [-0.05, 0) is 31.9 Å². The van der Waals surface area contributed by atoms with E-state index >= 15 is 0 Å². The summed E-state index contributed by atoms with van der Waals surface area (Å²) in [6.07, 6.45) is 13.9. The van der Waals surface area contributed by atoms with Crippen LogP contribution in [0.1, 0.15) is 43.8 Å². The monoisotopic (exact) mass is 277 g/mol. The Hall–Kier alpha value is -1.13. The molecule has 0 aromatic carbocycles. The van der Waals surface area contributed by atoms with E-state index in [9.17, 15) is 0 Å². The van der Waals surface area contributed by atoms with Gasteiger partial charge in [-0.2, -0.15) is 5.10 Å². The van der Waals surface area contributed by atoms with Crippen molar-refractivity contribution in [2.45, 2.75) is 44.6 Å². The van der Waals surface area contributed by atoms with Gasteiger partial charge in [0.25, 0.3) is 0 Å². The summed E-state index contributed by atoms with van der Waals surface area (Å²) in [6.45, 7) is 2.72. The fourth-order valence-corrected chi connectivity index (χ4v) is 2.66. The number of nitrogens with one attached hydrogen (secondary N) is 1. The lowest BCUT2D eigenvalue weighted by Crippen LogP contribution is -2.19. The van der Waals surface area contributed by atoms with Gasteiger partial charge in [-0.15, -0.1) is 0 Å². The van der Waals surface area contributed by atoms with E-state index in [1.165, 1.54) is 31.4 Å². The Morgan fingerprint density at radius 3 is 3.00 bits per heavy atom. The predicted octanol–water partition coefficient (Wildman–Crippen LogP) is 2.72. The van der Waals surface area contributed by atoms with E-state index in [2.05, 4.69) is 39.5 Å². The van der Waals surface area contributed by atoms with E-state index in [-0.39, 0.29) is 0 Å². The fourth-order valence-electron chi connectivity index (χ4n) is 2.66. The Morgan fingerprint density at radius 2 is 2.20 bits per heavy atom. The minimum absolute atomic E-state index is 0.651. The smallest absolute Gasteiger partial charge is 0.0662 e. The van der Waals surface area contributed by atoms with Crippen LogP contribution >= 0.6 is 0 Å². The van der Waals surface area contributed by atoms with E-state index in [4.69, 9.17) is 4.74 Å². The first-order valence-electron chi connectivity index (χ1n) is 7.79. The number of hydrogen-bond donors (Lipinski definition) is 1. The molecule has 4 heteroatoms. The molecule has 1 N–H and O–H groups in total. The highest BCUT2D eigenvalue weighted by Crippen LogP contribution is 2.28. The second kappa shape index (κ2) is 8.93. The van der Waals surface area contributed by atoms with E-state index in [0.29, 0.717) is 6.04 Å². The number of allylic oxidation sites excluding steroid dienone is 1. The highest BCUT2D eigenvalue weighted by Gasteiger charge is 2.17. The summed E-state index contributed by atoms with van der Waals surface area (Å²) in [7, 11) is 1.73. The Labute approximate surface area is 122 Å². The largest absolute Gasteiger partial charge is 0.383 e. The summed E-state index contributed by atoms with van der Waals surface area (Å²) >= 11 is 0. The van der Waals surface area contributed by atoms with Crippen LogP contribution in [0, 0.1) is 0 Å². The maximum Gasteiger partial charge on any atom is 0.0662 e. The maximum atomic E-state index is 4.98. The molecule has 1 aromatic heterocycles. The van der Waals surface area contributed by atoms with Crippen LogP contribution in [0.15, 0.2) is 24.4 Å². The molecule has 1 heterocycles. The Bertz CT molecular complexity index is 394. The molecule has 0 radical (unpaired) electrons. The van der Waals surface area contributed by atoms with Crippen molar-refractivity contribution in [1.29, 1.82) is 0 Å². The quantitative estimate of drug-likeness (QED) is 0.557. The van der Waals surface area contributed by atoms with Gasteiger partial charge in [-0.25, -0.2) is 0 Å². The summed E-state index contributed by atoms with van der Waals surface area (Å²) in [5.41, 5.74) is 1.18. The van der Waals surface area contributed by atoms with Crippen LogP contribution in [0.4, 0.5) is 0 Å². The lowest BCUT2D eigenvalue weighted by Gasteiger charge is -2.08. The van der Waals surface area contributed by atoms with Gasteiger partial charge >= 0.3 is 0 Å². The van der Waals surface area contributed by atoms with Crippen molar-refractivity contribution in [2.75, 3.05) is 26.8 Å². The van der Waals surface area contributed by atoms with Gasteiger partial charge in [0.05, 0.1) is 18.3 Å². The molecule has 1 saturated carbocycles. The summed E-state index contributed by atoms with van der Waals surface area (Å²) in [6, 6.07) is 2.80. The second-order valence-corrected chi connectivity index (χ2v) is 5.43. The van der Waals surface area contributed by atoms with E-state index in [1.54, 1.807) is 7.11 Å². The number of hydrogen-bond acceptors (Lipinski definition) is 3. The fraction of sp³-hybridized carbons (Fsp3) is 0.688. The number of rotatable bonds is 9. The zero-order valence-electron chi connectivity index (χ0n) is 12.6. The van der Waals surface area contributed by atoms with Crippen molar-refractivity contribution >= 4 is 0 Å². The van der Waals surface area contributed by atoms with E-state index < -0.39 is 0 Å². The molecule has 112 valence electrons. The van der Waals surface area contributed by atoms with E-state index in [0.717, 1.165) is 32.5 Å². The van der Waals surface area contributed by atoms with Gasteiger partial charge in [0, 0.05) is 26.3 Å². The van der Waals surface area contributed by atoms with Crippen LogP contribution < -0.4 is 5.32 Å². The van der Waals surface area contributed by atoms with Crippen LogP contribution in [0.2, 0.25) is 0 Å². The molecule has 0 aliphatic heterocycles. The third kappa shape index (κ3) is 5.10. The minimum atomic E-state index is 0.651. The summed E-state index contributed by atoms with van der Waals surface area (Å²) < 4.78 is 7.15. The molecule has 20 heavy (non-hydrogen) atoms. The molecule has 1 aliphatic carbocycles. The van der Waals surface area contributed by atoms with Crippen molar-refractivity contribution in [3.8, 4) is 0 Å². The van der Waals surface area contributed by atoms with Gasteiger partial charge < -0.3 is 10.1 Å². The first kappa shape index (κ1) is 15.3. The molecule has 0 bridgehead atoms. The maximum absolute atomic E-state index is 4.98. The highest BCUT2D eigenvalue weighted by molar-refractivity contribution is 5.05. The molecular formula is C16H27N3O. The standard InChI is InChI=1S/C16H27N3O/c1-20-14-12-17-11-6-2-3-7-15-10-13-19(18-15)16-8-4-5-9-16/h2-3,10,13,16-17H,4-9,11-12,14H2,1H3. The average molecular weight is 277 g/mol. The Kier molecular flexibility index (Phi) is 6.81. The van der Waals surface area contributed by atoms with Crippen molar-refractivity contribution < 1.29 is 4.74 Å². The molecule has 0 atom stereocenters. The topological polar surface area (TPSA) is 39.1 Å². The lowest BCUT2D eigenvalue weighted by molar-refractivity contribution is 0.199. The third-order valence-electron chi connectivity index (χ3n) is 3.83. The SMILES string of the molecule is COCCNCCC=CCc1ccn(C2CCCC2)n1. The lowest BCUT2D eigenvalue weighted by atomic mass is 10.2. The molecule has 2 rings (SSSR count). The number of methoxy groups -OCH3 is 1. The van der Waals surface area contributed by atoms with Crippen molar-refractivity contribution in [3.63, 3.8) is 0 Å². The van der Waals surface area contributed by atoms with Crippen LogP contribution in [-0.4, -0.2) is 36.6 Å². The van der Waals surface area contributed by atoms with Crippen molar-refractivity contribution in [3.05, 3.63) is 30.1 Å². The Morgan fingerprint density at radius 1 is 1.35 bits per heavy atom. The average Bonchev–Trinajstić information content (AvgIpc) is 3.12. The molecule has 0 spiro atoms. The zero-order chi connectivity index (χ0) is 14.0. The molecule has 1 aromatic rings. The first-order valence-corrected chi connectivity index (χ1v) is 7.79. The predicted molar refractivity (Wildman–Crippen MR) is 81.9 cm³/mol. The van der Waals surface area contributed by atoms with Crippen LogP contribution in [-0.2, 0) is 11.2 Å². The number of aromatic nitrogens is 2. The molecule has 1 aliphatic rings. The molecule has 4 nitrogen and oxygen atoms in total. The van der Waals surface area contributed by atoms with E-state index in [1.807, 2.05) is 0 Å². The molecule has 0 unspecified atom stereocenters. The van der Waals surface area contributed by atoms with Crippen molar-refractivity contribution in [2.24, 2.45) is 0 Å². The van der Waals surface area contributed by atoms with Gasteiger partial charge in [-0.3, -0.25) is 4.68 Å². The molecule has 0 amide bonds. The van der Waals surface area contributed by atoms with Gasteiger partial charge in [-0.1, -0.05) is 25.0 Å². The molecule has 1 fully saturated rings. The second-order valence-electron chi connectivity index (χ2n) is 5.43. The zero-order valence-corrected chi connectivity index (χ0v) is 12.6. The van der Waals surface area contributed by atoms with Gasteiger partial charge in [0.1, 0.15) is 0 Å². The van der Waals surface area contributed by atoms with Crippen LogP contribution in [0.5, 0.6) is 0 Å². The molecular weight excluding hydrogens is 250 g/mol. The van der Waals surface area contributed by atoms with Crippen LogP contribution in [0.25, 0.3) is 0 Å². The third-order valence-corrected chi connectivity index (χ3v) is 3.83. The van der Waals surface area contributed by atoms with Gasteiger partial charge in [0.15, 0.2) is 0 Å². The van der Waals surface area contributed by atoms with Crippen molar-refractivity contribution in [1.82, 2.24) is 15.1 Å². The minimum Gasteiger partial charge on any atom is -0.383 e. The van der Waals surface area contributed by atoms with Crippen LogP contribution in [0.3, 0.4) is 0 Å². The first-order chi connectivity index (χ1) is 9.90. The number of ether oxygens (including phenoxy) is 1. The highest BCUT2D eigenvalue weighted by atomic mass is 16.5. The number of nitrogens with zero attached hydrogens (tertiary/aromatic N) is 2. The normalized spacial score (nSPS) is 16.4. The summed E-state index contributed by atoms with van der Waals surface area (Å²) in [4.78, 5) is 0. The Balaban J connectivity index is 1.61. The summed E-state index contributed by atoms with van der Waals surface area (Å²) in [5.74, 6) is 0. The van der Waals surface area contributed by atoms with Gasteiger partial charge in [0.2, 0.25) is 0 Å². The summed E-state index contributed by atoms with van der Waals surface area (Å²) in [5, 5.41) is 8.01. The molecule has 0 saturated heterocycles.